The van der Waals surface area contributed by atoms with Gasteiger partial charge in [0.15, 0.2) is 0 Å². The fourth-order valence-corrected chi connectivity index (χ4v) is 1.94. The van der Waals surface area contributed by atoms with E-state index in [4.69, 9.17) is 0 Å². The third-order valence-corrected chi connectivity index (χ3v) is 2.81. The van der Waals surface area contributed by atoms with Crippen molar-refractivity contribution in [3.8, 4) is 0 Å². The molecule has 0 fully saturated rings. The molecule has 0 saturated carbocycles. The van der Waals surface area contributed by atoms with Crippen molar-refractivity contribution in [2.75, 3.05) is 6.54 Å². The molecular formula is C13H25N3. The zero-order valence-corrected chi connectivity index (χ0v) is 11.0. The Hall–Kier alpha value is -0.830. The minimum Gasteiger partial charge on any atom is -0.340 e. The second kappa shape index (κ2) is 6.69. The number of aromatic nitrogens is 2. The van der Waals surface area contributed by atoms with E-state index in [1.54, 1.807) is 0 Å². The first kappa shape index (κ1) is 13.2. The first-order valence-electron chi connectivity index (χ1n) is 6.34. The molecular weight excluding hydrogens is 198 g/mol. The summed E-state index contributed by atoms with van der Waals surface area (Å²) in [5, 5.41) is 3.51. The van der Waals surface area contributed by atoms with Crippen LogP contribution in [0.2, 0.25) is 0 Å². The van der Waals surface area contributed by atoms with E-state index in [1.807, 2.05) is 17.9 Å². The highest BCUT2D eigenvalue weighted by atomic mass is 15.0. The first-order valence-corrected chi connectivity index (χ1v) is 6.34. The molecule has 0 spiro atoms. The number of hydrogen-bond donors (Lipinski definition) is 1. The molecule has 92 valence electrons. The summed E-state index contributed by atoms with van der Waals surface area (Å²) in [6.45, 7) is 7.72. The van der Waals surface area contributed by atoms with Crippen LogP contribution in [0.4, 0.5) is 0 Å². The largest absolute Gasteiger partial charge is 0.340 e. The van der Waals surface area contributed by atoms with E-state index in [9.17, 15) is 0 Å². The van der Waals surface area contributed by atoms with E-state index in [-0.39, 0.29) is 0 Å². The Balaban J connectivity index is 2.47. The average molecular weight is 223 g/mol. The molecule has 0 saturated heterocycles. The normalized spacial score (nSPS) is 13.3. The van der Waals surface area contributed by atoms with Gasteiger partial charge in [0.2, 0.25) is 0 Å². The van der Waals surface area contributed by atoms with Crippen LogP contribution in [0.5, 0.6) is 0 Å². The predicted octanol–water partition coefficient (Wildman–Crippen LogP) is 2.90. The Labute approximate surface area is 99.3 Å². The van der Waals surface area contributed by atoms with E-state index in [2.05, 4.69) is 37.3 Å². The molecule has 1 unspecified atom stereocenters. The van der Waals surface area contributed by atoms with Gasteiger partial charge in [-0.3, -0.25) is 0 Å². The van der Waals surface area contributed by atoms with Crippen molar-refractivity contribution in [3.63, 3.8) is 0 Å². The fraction of sp³-hybridized carbons (Fsp3) is 0.769. The van der Waals surface area contributed by atoms with Gasteiger partial charge in [0.25, 0.3) is 0 Å². The van der Waals surface area contributed by atoms with Crippen molar-refractivity contribution >= 4 is 0 Å². The monoisotopic (exact) mass is 223 g/mol. The number of imidazole rings is 1. The van der Waals surface area contributed by atoms with Gasteiger partial charge < -0.3 is 9.88 Å². The van der Waals surface area contributed by atoms with Crippen molar-refractivity contribution in [1.82, 2.24) is 14.9 Å². The topological polar surface area (TPSA) is 29.9 Å². The minimum atomic E-state index is 0.421. The lowest BCUT2D eigenvalue weighted by molar-refractivity contribution is 0.449. The van der Waals surface area contributed by atoms with Crippen molar-refractivity contribution in [1.29, 1.82) is 0 Å². The summed E-state index contributed by atoms with van der Waals surface area (Å²) in [4.78, 5) is 4.43. The molecule has 1 aromatic heterocycles. The van der Waals surface area contributed by atoms with Crippen LogP contribution in [0.25, 0.3) is 0 Å². The quantitative estimate of drug-likeness (QED) is 0.770. The molecule has 0 aliphatic rings. The Morgan fingerprint density at radius 1 is 1.38 bits per heavy atom. The molecule has 1 atom stereocenters. The lowest BCUT2D eigenvalue weighted by atomic mass is 10.0. The van der Waals surface area contributed by atoms with Crippen LogP contribution < -0.4 is 5.32 Å². The van der Waals surface area contributed by atoms with Crippen LogP contribution in [0.15, 0.2) is 12.5 Å². The van der Waals surface area contributed by atoms with Crippen LogP contribution in [0, 0.1) is 5.92 Å². The van der Waals surface area contributed by atoms with E-state index in [0.29, 0.717) is 6.04 Å². The number of aryl methyl sites for hydroxylation is 1. The molecule has 0 aromatic carbocycles. The molecule has 1 heterocycles. The van der Waals surface area contributed by atoms with E-state index in [1.165, 1.54) is 25.0 Å². The minimum absolute atomic E-state index is 0.421. The first-order chi connectivity index (χ1) is 7.63. The average Bonchev–Trinajstić information content (AvgIpc) is 2.63. The number of nitrogens with one attached hydrogen (secondary N) is 1. The second-order valence-corrected chi connectivity index (χ2v) is 4.90. The summed E-state index contributed by atoms with van der Waals surface area (Å²) >= 11 is 0. The third kappa shape index (κ3) is 4.35. The highest BCUT2D eigenvalue weighted by molar-refractivity contribution is 5.03. The van der Waals surface area contributed by atoms with Gasteiger partial charge in [-0.1, -0.05) is 33.6 Å². The predicted molar refractivity (Wildman–Crippen MR) is 68.3 cm³/mol. The summed E-state index contributed by atoms with van der Waals surface area (Å²) in [5.41, 5.74) is 1.17. The Morgan fingerprint density at radius 3 is 2.62 bits per heavy atom. The van der Waals surface area contributed by atoms with Crippen LogP contribution >= 0.6 is 0 Å². The summed E-state index contributed by atoms with van der Waals surface area (Å²) in [6.07, 6.45) is 7.74. The number of rotatable bonds is 7. The fourth-order valence-electron chi connectivity index (χ4n) is 1.94. The summed E-state index contributed by atoms with van der Waals surface area (Å²) in [6, 6.07) is 0.421. The third-order valence-electron chi connectivity index (χ3n) is 2.81. The second-order valence-electron chi connectivity index (χ2n) is 4.90. The van der Waals surface area contributed by atoms with E-state index >= 15 is 0 Å². The van der Waals surface area contributed by atoms with Crippen molar-refractivity contribution in [3.05, 3.63) is 18.2 Å². The molecule has 1 rings (SSSR count). The lowest BCUT2D eigenvalue weighted by Gasteiger charge is -2.16. The van der Waals surface area contributed by atoms with Gasteiger partial charge in [0.1, 0.15) is 0 Å². The van der Waals surface area contributed by atoms with Crippen LogP contribution in [-0.2, 0) is 7.05 Å². The number of hydrogen-bond acceptors (Lipinski definition) is 2. The van der Waals surface area contributed by atoms with Crippen molar-refractivity contribution in [2.45, 2.75) is 46.1 Å². The molecule has 1 aromatic rings. The standard InChI is InChI=1S/C13H25N3/c1-5-14-12(8-6-7-11(2)3)13-9-16(4)10-15-13/h9-12,14H,5-8H2,1-4H3. The van der Waals surface area contributed by atoms with Crippen LogP contribution in [0.3, 0.4) is 0 Å². The molecule has 1 N–H and O–H groups in total. The van der Waals surface area contributed by atoms with Gasteiger partial charge in [-0.2, -0.15) is 0 Å². The Kier molecular flexibility index (Phi) is 5.53. The van der Waals surface area contributed by atoms with Gasteiger partial charge in [-0.05, 0) is 18.9 Å². The molecule has 16 heavy (non-hydrogen) atoms. The van der Waals surface area contributed by atoms with Gasteiger partial charge in [0.05, 0.1) is 18.1 Å². The van der Waals surface area contributed by atoms with Gasteiger partial charge >= 0.3 is 0 Å². The molecule has 3 heteroatoms. The SMILES string of the molecule is CCNC(CCCC(C)C)c1cn(C)cn1. The van der Waals surface area contributed by atoms with Gasteiger partial charge in [0, 0.05) is 13.2 Å². The van der Waals surface area contributed by atoms with Crippen molar-refractivity contribution < 1.29 is 0 Å². The zero-order chi connectivity index (χ0) is 12.0. The van der Waals surface area contributed by atoms with Crippen LogP contribution in [-0.4, -0.2) is 16.1 Å². The Morgan fingerprint density at radius 2 is 2.12 bits per heavy atom. The molecule has 0 aliphatic carbocycles. The summed E-state index contributed by atoms with van der Waals surface area (Å²) in [7, 11) is 2.02. The van der Waals surface area contributed by atoms with Crippen LogP contribution in [0.1, 0.15) is 51.8 Å². The molecule has 0 radical (unpaired) electrons. The van der Waals surface area contributed by atoms with E-state index in [0.717, 1.165) is 12.5 Å². The van der Waals surface area contributed by atoms with Crippen molar-refractivity contribution in [2.24, 2.45) is 13.0 Å². The van der Waals surface area contributed by atoms with Gasteiger partial charge in [-0.25, -0.2) is 4.98 Å². The lowest BCUT2D eigenvalue weighted by Crippen LogP contribution is -2.21. The highest BCUT2D eigenvalue weighted by Gasteiger charge is 2.12. The van der Waals surface area contributed by atoms with E-state index < -0.39 is 0 Å². The summed E-state index contributed by atoms with van der Waals surface area (Å²) in [5.74, 6) is 0.797. The maximum absolute atomic E-state index is 4.43. The molecule has 0 bridgehead atoms. The summed E-state index contributed by atoms with van der Waals surface area (Å²) < 4.78 is 2.02. The maximum atomic E-state index is 4.43. The smallest absolute Gasteiger partial charge is 0.0947 e. The molecule has 0 amide bonds. The molecule has 0 aliphatic heterocycles. The zero-order valence-electron chi connectivity index (χ0n) is 11.0. The number of nitrogens with zero attached hydrogens (tertiary/aromatic N) is 2. The highest BCUT2D eigenvalue weighted by Crippen LogP contribution is 2.19. The Bertz CT molecular complexity index is 291. The van der Waals surface area contributed by atoms with Gasteiger partial charge in [-0.15, -0.1) is 0 Å². The molecule has 3 nitrogen and oxygen atoms in total. The maximum Gasteiger partial charge on any atom is 0.0947 e.